The van der Waals surface area contributed by atoms with E-state index in [4.69, 9.17) is 0 Å². The topological polar surface area (TPSA) is 59.0 Å². The van der Waals surface area contributed by atoms with E-state index in [9.17, 15) is 4.79 Å². The lowest BCUT2D eigenvalue weighted by atomic mass is 9.99. The van der Waals surface area contributed by atoms with E-state index >= 15 is 0 Å². The molecular formula is C13H22N4O. The van der Waals surface area contributed by atoms with Crippen molar-refractivity contribution in [2.75, 3.05) is 6.54 Å². The minimum Gasteiger partial charge on any atom is -0.354 e. The molecule has 0 aliphatic carbocycles. The van der Waals surface area contributed by atoms with E-state index in [2.05, 4.69) is 22.7 Å². The molecule has 2 atom stereocenters. The molecule has 2 N–H and O–H groups in total. The zero-order valence-corrected chi connectivity index (χ0v) is 11.1. The summed E-state index contributed by atoms with van der Waals surface area (Å²) in [5.74, 6) is 0.123. The van der Waals surface area contributed by atoms with E-state index < -0.39 is 0 Å². The molecule has 0 spiro atoms. The minimum atomic E-state index is -0.0162. The number of nitrogens with zero attached hydrogens (tertiary/aromatic N) is 2. The van der Waals surface area contributed by atoms with Gasteiger partial charge in [-0.25, -0.2) is 0 Å². The number of piperidine rings is 1. The first kappa shape index (κ1) is 13.1. The summed E-state index contributed by atoms with van der Waals surface area (Å²) in [5, 5.41) is 10.6. The van der Waals surface area contributed by atoms with Crippen molar-refractivity contribution >= 4 is 5.91 Å². The molecule has 0 saturated carbocycles. The Morgan fingerprint density at radius 2 is 2.44 bits per heavy atom. The average molecular weight is 250 g/mol. The third kappa shape index (κ3) is 3.57. The third-order valence-electron chi connectivity index (χ3n) is 3.38. The Kier molecular flexibility index (Phi) is 4.36. The van der Waals surface area contributed by atoms with Gasteiger partial charge in [0.1, 0.15) is 0 Å². The molecule has 1 aliphatic rings. The van der Waals surface area contributed by atoms with Crippen LogP contribution in [0.25, 0.3) is 0 Å². The molecule has 2 rings (SSSR count). The fraction of sp³-hybridized carbons (Fsp3) is 0.692. The normalized spacial score (nSPS) is 23.9. The fourth-order valence-electron chi connectivity index (χ4n) is 2.38. The van der Waals surface area contributed by atoms with Gasteiger partial charge in [0.15, 0.2) is 0 Å². The smallest absolute Gasteiger partial charge is 0.237 e. The maximum absolute atomic E-state index is 11.9. The van der Waals surface area contributed by atoms with Crippen molar-refractivity contribution in [2.24, 2.45) is 7.05 Å². The van der Waals surface area contributed by atoms with Crippen molar-refractivity contribution in [3.63, 3.8) is 0 Å². The molecule has 0 bridgehead atoms. The van der Waals surface area contributed by atoms with Gasteiger partial charge < -0.3 is 10.6 Å². The highest BCUT2D eigenvalue weighted by molar-refractivity contribution is 5.81. The van der Waals surface area contributed by atoms with Gasteiger partial charge >= 0.3 is 0 Å². The molecule has 18 heavy (non-hydrogen) atoms. The fourth-order valence-corrected chi connectivity index (χ4v) is 2.38. The number of aryl methyl sites for hydroxylation is 1. The van der Waals surface area contributed by atoms with E-state index in [0.29, 0.717) is 12.6 Å². The van der Waals surface area contributed by atoms with Crippen molar-refractivity contribution in [2.45, 2.75) is 44.7 Å². The molecule has 2 unspecified atom stereocenters. The SMILES string of the molecule is CC1CCCC(C(=O)NCCc2ccn(C)n2)N1. The van der Waals surface area contributed by atoms with Crippen LogP contribution in [0.2, 0.25) is 0 Å². The van der Waals surface area contributed by atoms with Crippen LogP contribution in [0.5, 0.6) is 0 Å². The number of hydrogen-bond donors (Lipinski definition) is 2. The highest BCUT2D eigenvalue weighted by atomic mass is 16.2. The molecule has 1 amide bonds. The number of nitrogens with one attached hydrogen (secondary N) is 2. The number of carbonyl (C=O) groups is 1. The molecule has 2 heterocycles. The Labute approximate surface area is 108 Å². The Balaban J connectivity index is 1.71. The monoisotopic (exact) mass is 250 g/mol. The highest BCUT2D eigenvalue weighted by Crippen LogP contribution is 2.12. The Morgan fingerprint density at radius 1 is 1.61 bits per heavy atom. The highest BCUT2D eigenvalue weighted by Gasteiger charge is 2.23. The van der Waals surface area contributed by atoms with Gasteiger partial charge in [-0.15, -0.1) is 0 Å². The van der Waals surface area contributed by atoms with Gasteiger partial charge in [0, 0.05) is 32.3 Å². The van der Waals surface area contributed by atoms with E-state index in [1.165, 1.54) is 0 Å². The molecule has 1 saturated heterocycles. The molecular weight excluding hydrogens is 228 g/mol. The molecule has 100 valence electrons. The first-order valence-electron chi connectivity index (χ1n) is 6.67. The molecule has 5 nitrogen and oxygen atoms in total. The van der Waals surface area contributed by atoms with Crippen LogP contribution >= 0.6 is 0 Å². The third-order valence-corrected chi connectivity index (χ3v) is 3.38. The summed E-state index contributed by atoms with van der Waals surface area (Å²) in [4.78, 5) is 11.9. The number of amides is 1. The first-order valence-corrected chi connectivity index (χ1v) is 6.67. The molecule has 5 heteroatoms. The summed E-state index contributed by atoms with van der Waals surface area (Å²) in [7, 11) is 1.90. The second-order valence-corrected chi connectivity index (χ2v) is 5.07. The number of hydrogen-bond acceptors (Lipinski definition) is 3. The summed E-state index contributed by atoms with van der Waals surface area (Å²) in [6.45, 7) is 2.79. The maximum atomic E-state index is 11.9. The summed E-state index contributed by atoms with van der Waals surface area (Å²) in [6.07, 6.45) is 5.94. The van der Waals surface area contributed by atoms with Crippen LogP contribution < -0.4 is 10.6 Å². The van der Waals surface area contributed by atoms with Crippen molar-refractivity contribution in [3.05, 3.63) is 18.0 Å². The van der Waals surface area contributed by atoms with E-state index in [-0.39, 0.29) is 11.9 Å². The molecule has 1 aromatic heterocycles. The second kappa shape index (κ2) is 6.00. The van der Waals surface area contributed by atoms with Crippen LogP contribution in [0.15, 0.2) is 12.3 Å². The Bertz CT molecular complexity index is 401. The largest absolute Gasteiger partial charge is 0.354 e. The van der Waals surface area contributed by atoms with Gasteiger partial charge in [-0.05, 0) is 32.3 Å². The summed E-state index contributed by atoms with van der Waals surface area (Å²) in [5.41, 5.74) is 1.02. The lowest BCUT2D eigenvalue weighted by molar-refractivity contribution is -0.123. The number of rotatable bonds is 4. The second-order valence-electron chi connectivity index (χ2n) is 5.07. The van der Waals surface area contributed by atoms with E-state index in [1.807, 2.05) is 19.3 Å². The van der Waals surface area contributed by atoms with Crippen LogP contribution in [0, 0.1) is 0 Å². The van der Waals surface area contributed by atoms with Gasteiger partial charge in [-0.2, -0.15) is 5.10 Å². The molecule has 1 fully saturated rings. The van der Waals surface area contributed by atoms with Gasteiger partial charge in [0.2, 0.25) is 5.91 Å². The number of aromatic nitrogens is 2. The molecule has 0 aromatic carbocycles. The van der Waals surface area contributed by atoms with Crippen LogP contribution in [0.3, 0.4) is 0 Å². The number of carbonyl (C=O) groups excluding carboxylic acids is 1. The van der Waals surface area contributed by atoms with Crippen LogP contribution in [-0.2, 0) is 18.3 Å². The van der Waals surface area contributed by atoms with E-state index in [0.717, 1.165) is 31.4 Å². The Hall–Kier alpha value is -1.36. The van der Waals surface area contributed by atoms with Crippen molar-refractivity contribution < 1.29 is 4.79 Å². The van der Waals surface area contributed by atoms with Gasteiger partial charge in [-0.3, -0.25) is 9.48 Å². The summed E-state index contributed by atoms with van der Waals surface area (Å²) in [6, 6.07) is 2.41. The van der Waals surface area contributed by atoms with Crippen LogP contribution in [-0.4, -0.2) is 34.3 Å². The Morgan fingerprint density at radius 3 is 3.11 bits per heavy atom. The van der Waals surface area contributed by atoms with E-state index in [1.54, 1.807) is 4.68 Å². The standard InChI is InChI=1S/C13H22N4O/c1-10-4-3-5-12(15-10)13(18)14-8-6-11-7-9-17(2)16-11/h7,9-10,12,15H,3-6,8H2,1-2H3,(H,14,18). The molecule has 1 aliphatic heterocycles. The average Bonchev–Trinajstić information content (AvgIpc) is 2.75. The van der Waals surface area contributed by atoms with Crippen LogP contribution in [0.1, 0.15) is 31.9 Å². The summed E-state index contributed by atoms with van der Waals surface area (Å²) >= 11 is 0. The van der Waals surface area contributed by atoms with Gasteiger partial charge in [0.25, 0.3) is 0 Å². The lowest BCUT2D eigenvalue weighted by Crippen LogP contribution is -2.50. The van der Waals surface area contributed by atoms with Gasteiger partial charge in [0.05, 0.1) is 11.7 Å². The predicted molar refractivity (Wildman–Crippen MR) is 70.2 cm³/mol. The molecule has 1 aromatic rings. The lowest BCUT2D eigenvalue weighted by Gasteiger charge is -2.27. The molecule has 0 radical (unpaired) electrons. The predicted octanol–water partition coefficient (Wildman–Crippen LogP) is 0.609. The minimum absolute atomic E-state index is 0.0162. The van der Waals surface area contributed by atoms with Gasteiger partial charge in [-0.1, -0.05) is 0 Å². The first-order chi connectivity index (χ1) is 8.65. The maximum Gasteiger partial charge on any atom is 0.237 e. The van der Waals surface area contributed by atoms with Crippen LogP contribution in [0.4, 0.5) is 0 Å². The van der Waals surface area contributed by atoms with Crippen molar-refractivity contribution in [3.8, 4) is 0 Å². The summed E-state index contributed by atoms with van der Waals surface area (Å²) < 4.78 is 1.78. The van der Waals surface area contributed by atoms with Crippen molar-refractivity contribution in [1.82, 2.24) is 20.4 Å². The quantitative estimate of drug-likeness (QED) is 0.823. The zero-order valence-electron chi connectivity index (χ0n) is 11.1. The zero-order chi connectivity index (χ0) is 13.0. The van der Waals surface area contributed by atoms with Crippen molar-refractivity contribution in [1.29, 1.82) is 0 Å².